The molecule has 0 fully saturated rings. The van der Waals surface area contributed by atoms with Gasteiger partial charge in [-0.3, -0.25) is 4.90 Å². The van der Waals surface area contributed by atoms with Crippen LogP contribution < -0.4 is 5.73 Å². The van der Waals surface area contributed by atoms with Gasteiger partial charge in [-0.05, 0) is 30.7 Å². The van der Waals surface area contributed by atoms with Crippen molar-refractivity contribution in [3.05, 3.63) is 33.3 Å². The van der Waals surface area contributed by atoms with E-state index in [2.05, 4.69) is 33.8 Å². The molecule has 96 valence electrons. The molecule has 0 saturated heterocycles. The van der Waals surface area contributed by atoms with Gasteiger partial charge in [-0.1, -0.05) is 46.9 Å². The highest BCUT2D eigenvalue weighted by molar-refractivity contribution is 9.10. The molecule has 0 radical (unpaired) electrons. The Bertz CT molecular complexity index is 344. The fourth-order valence-electron chi connectivity index (χ4n) is 1.73. The molecule has 0 heterocycles. The summed E-state index contributed by atoms with van der Waals surface area (Å²) in [6.45, 7) is 5.78. The minimum Gasteiger partial charge on any atom is -0.329 e. The molecule has 17 heavy (non-hydrogen) atoms. The second-order valence-corrected chi connectivity index (χ2v) is 5.48. The standard InChI is InChI=1S/C13H20BrClN2/c1-2-3-7-17(8-6-16)10-11-4-5-12(14)9-13(11)15/h4-5,9H,2-3,6-8,10,16H2,1H3. The van der Waals surface area contributed by atoms with Crippen molar-refractivity contribution in [1.82, 2.24) is 4.90 Å². The first-order chi connectivity index (χ1) is 8.17. The van der Waals surface area contributed by atoms with Gasteiger partial charge in [-0.15, -0.1) is 0 Å². The molecule has 0 spiro atoms. The van der Waals surface area contributed by atoms with Crippen LogP contribution in [0.15, 0.2) is 22.7 Å². The zero-order valence-electron chi connectivity index (χ0n) is 10.3. The average Bonchev–Trinajstić information content (AvgIpc) is 2.29. The van der Waals surface area contributed by atoms with Crippen LogP contribution in [0.5, 0.6) is 0 Å². The topological polar surface area (TPSA) is 29.3 Å². The van der Waals surface area contributed by atoms with Gasteiger partial charge in [0.15, 0.2) is 0 Å². The number of unbranched alkanes of at least 4 members (excludes halogenated alkanes) is 1. The van der Waals surface area contributed by atoms with Crippen molar-refractivity contribution < 1.29 is 0 Å². The largest absolute Gasteiger partial charge is 0.329 e. The fraction of sp³-hybridized carbons (Fsp3) is 0.538. The minimum absolute atomic E-state index is 0.692. The molecule has 0 unspecified atom stereocenters. The second-order valence-electron chi connectivity index (χ2n) is 4.15. The highest BCUT2D eigenvalue weighted by atomic mass is 79.9. The van der Waals surface area contributed by atoms with Gasteiger partial charge < -0.3 is 5.73 Å². The lowest BCUT2D eigenvalue weighted by Crippen LogP contribution is -2.30. The number of halogens is 2. The molecule has 4 heteroatoms. The molecule has 0 aliphatic carbocycles. The van der Waals surface area contributed by atoms with Gasteiger partial charge in [0.2, 0.25) is 0 Å². The van der Waals surface area contributed by atoms with E-state index in [1.165, 1.54) is 18.4 Å². The molecule has 0 aliphatic heterocycles. The monoisotopic (exact) mass is 318 g/mol. The van der Waals surface area contributed by atoms with E-state index in [-0.39, 0.29) is 0 Å². The van der Waals surface area contributed by atoms with Gasteiger partial charge in [-0.2, -0.15) is 0 Å². The van der Waals surface area contributed by atoms with Crippen LogP contribution in [0.25, 0.3) is 0 Å². The van der Waals surface area contributed by atoms with Crippen molar-refractivity contribution in [3.63, 3.8) is 0 Å². The number of nitrogens with two attached hydrogens (primary N) is 1. The van der Waals surface area contributed by atoms with Gasteiger partial charge >= 0.3 is 0 Å². The van der Waals surface area contributed by atoms with E-state index in [9.17, 15) is 0 Å². The summed E-state index contributed by atoms with van der Waals surface area (Å²) in [4.78, 5) is 2.36. The summed E-state index contributed by atoms with van der Waals surface area (Å²) < 4.78 is 1.02. The maximum absolute atomic E-state index is 6.22. The van der Waals surface area contributed by atoms with E-state index in [1.54, 1.807) is 0 Å². The summed E-state index contributed by atoms with van der Waals surface area (Å²) in [6.07, 6.45) is 2.41. The van der Waals surface area contributed by atoms with Crippen LogP contribution in [0.2, 0.25) is 5.02 Å². The number of hydrogen-bond acceptors (Lipinski definition) is 2. The van der Waals surface area contributed by atoms with E-state index in [0.29, 0.717) is 6.54 Å². The Morgan fingerprint density at radius 2 is 2.12 bits per heavy atom. The van der Waals surface area contributed by atoms with Crippen molar-refractivity contribution in [2.24, 2.45) is 5.73 Å². The number of rotatable bonds is 7. The zero-order valence-corrected chi connectivity index (χ0v) is 12.6. The SMILES string of the molecule is CCCCN(CCN)Cc1ccc(Br)cc1Cl. The van der Waals surface area contributed by atoms with E-state index in [0.717, 1.165) is 29.1 Å². The Kier molecular flexibility index (Phi) is 7.12. The van der Waals surface area contributed by atoms with Gasteiger partial charge in [-0.25, -0.2) is 0 Å². The molecule has 2 nitrogen and oxygen atoms in total. The summed E-state index contributed by atoms with van der Waals surface area (Å²) in [5.41, 5.74) is 6.80. The highest BCUT2D eigenvalue weighted by Crippen LogP contribution is 2.22. The molecular formula is C13H20BrClN2. The van der Waals surface area contributed by atoms with Crippen LogP contribution in [0.4, 0.5) is 0 Å². The molecule has 0 aromatic heterocycles. The lowest BCUT2D eigenvalue weighted by Gasteiger charge is -2.22. The second kappa shape index (κ2) is 8.09. The first kappa shape index (κ1) is 15.0. The Morgan fingerprint density at radius 3 is 2.71 bits per heavy atom. The van der Waals surface area contributed by atoms with Gasteiger partial charge in [0.1, 0.15) is 0 Å². The van der Waals surface area contributed by atoms with Crippen LogP contribution in [0.1, 0.15) is 25.3 Å². The smallest absolute Gasteiger partial charge is 0.0462 e. The van der Waals surface area contributed by atoms with Crippen molar-refractivity contribution in [2.75, 3.05) is 19.6 Å². The van der Waals surface area contributed by atoms with Crippen LogP contribution in [0, 0.1) is 0 Å². The lowest BCUT2D eigenvalue weighted by molar-refractivity contribution is 0.268. The van der Waals surface area contributed by atoms with Crippen molar-refractivity contribution in [2.45, 2.75) is 26.3 Å². The third-order valence-corrected chi connectivity index (χ3v) is 3.53. The molecule has 0 amide bonds. The molecule has 1 aromatic carbocycles. The van der Waals surface area contributed by atoms with Gasteiger partial charge in [0.25, 0.3) is 0 Å². The third-order valence-electron chi connectivity index (χ3n) is 2.68. The summed E-state index contributed by atoms with van der Waals surface area (Å²) in [5, 5.41) is 0.817. The summed E-state index contributed by atoms with van der Waals surface area (Å²) >= 11 is 9.64. The van der Waals surface area contributed by atoms with Crippen LogP contribution in [-0.2, 0) is 6.54 Å². The maximum Gasteiger partial charge on any atom is 0.0462 e. The Morgan fingerprint density at radius 1 is 1.35 bits per heavy atom. The molecular weight excluding hydrogens is 300 g/mol. The molecule has 0 bridgehead atoms. The van der Waals surface area contributed by atoms with Crippen LogP contribution in [0.3, 0.4) is 0 Å². The number of hydrogen-bond donors (Lipinski definition) is 1. The van der Waals surface area contributed by atoms with E-state index in [1.807, 2.05) is 12.1 Å². The predicted molar refractivity (Wildman–Crippen MR) is 78.4 cm³/mol. The quantitative estimate of drug-likeness (QED) is 0.831. The number of nitrogens with zero attached hydrogens (tertiary/aromatic N) is 1. The highest BCUT2D eigenvalue weighted by Gasteiger charge is 2.07. The Hall–Kier alpha value is -0.0900. The lowest BCUT2D eigenvalue weighted by atomic mass is 10.2. The van der Waals surface area contributed by atoms with E-state index >= 15 is 0 Å². The fourth-order valence-corrected chi connectivity index (χ4v) is 2.46. The molecule has 0 aliphatic rings. The Balaban J connectivity index is 2.64. The van der Waals surface area contributed by atoms with Crippen molar-refractivity contribution in [1.29, 1.82) is 0 Å². The molecule has 0 saturated carbocycles. The van der Waals surface area contributed by atoms with Crippen molar-refractivity contribution in [3.8, 4) is 0 Å². The summed E-state index contributed by atoms with van der Waals surface area (Å²) in [7, 11) is 0. The summed E-state index contributed by atoms with van der Waals surface area (Å²) in [5.74, 6) is 0. The third kappa shape index (κ3) is 5.38. The molecule has 1 rings (SSSR count). The number of benzene rings is 1. The molecule has 2 N–H and O–H groups in total. The van der Waals surface area contributed by atoms with Crippen LogP contribution >= 0.6 is 27.5 Å². The van der Waals surface area contributed by atoms with Crippen molar-refractivity contribution >= 4 is 27.5 Å². The normalized spacial score (nSPS) is 11.1. The predicted octanol–water partition coefficient (Wildman–Crippen LogP) is 3.66. The first-order valence-corrected chi connectivity index (χ1v) is 7.20. The maximum atomic E-state index is 6.22. The zero-order chi connectivity index (χ0) is 12.7. The summed E-state index contributed by atoms with van der Waals surface area (Å²) in [6, 6.07) is 6.04. The van der Waals surface area contributed by atoms with E-state index < -0.39 is 0 Å². The molecule has 0 atom stereocenters. The Labute approximate surface area is 117 Å². The van der Waals surface area contributed by atoms with Crippen LogP contribution in [-0.4, -0.2) is 24.5 Å². The first-order valence-electron chi connectivity index (χ1n) is 6.03. The molecule has 1 aromatic rings. The van der Waals surface area contributed by atoms with Gasteiger partial charge in [0, 0.05) is 29.1 Å². The van der Waals surface area contributed by atoms with E-state index in [4.69, 9.17) is 17.3 Å². The van der Waals surface area contributed by atoms with Gasteiger partial charge in [0.05, 0.1) is 0 Å². The minimum atomic E-state index is 0.692. The average molecular weight is 320 g/mol.